The topological polar surface area (TPSA) is 52.0 Å². The molecule has 0 spiro atoms. The molecule has 0 aliphatic carbocycles. The zero-order chi connectivity index (χ0) is 17.2. The van der Waals surface area contributed by atoms with Crippen LogP contribution < -0.4 is 0 Å². The highest BCUT2D eigenvalue weighted by molar-refractivity contribution is 7.90. The number of nitrogens with zero attached hydrogens (tertiary/aromatic N) is 2. The number of hydrogen-bond donors (Lipinski definition) is 0. The van der Waals surface area contributed by atoms with Crippen LogP contribution in [0.15, 0.2) is 47.6 Å². The molecule has 0 aliphatic heterocycles. The molecule has 0 atom stereocenters. The Morgan fingerprint density at radius 2 is 1.65 bits per heavy atom. The van der Waals surface area contributed by atoms with Gasteiger partial charge in [-0.15, -0.1) is 0 Å². The second-order valence-corrected chi connectivity index (χ2v) is 7.14. The Morgan fingerprint density at radius 3 is 2.26 bits per heavy atom. The van der Waals surface area contributed by atoms with Gasteiger partial charge in [-0.1, -0.05) is 43.1 Å². The summed E-state index contributed by atoms with van der Waals surface area (Å²) in [7, 11) is -3.68. The predicted molar refractivity (Wildman–Crippen MR) is 94.6 cm³/mol. The van der Waals surface area contributed by atoms with Gasteiger partial charge in [0, 0.05) is 17.8 Å². The third kappa shape index (κ3) is 3.12. The lowest BCUT2D eigenvalue weighted by molar-refractivity contribution is 0.588. The van der Waals surface area contributed by atoms with E-state index in [2.05, 4.69) is 4.98 Å². The average molecular weight is 351 g/mol. The first-order valence-electron chi connectivity index (χ1n) is 7.35. The lowest BCUT2D eigenvalue weighted by Gasteiger charge is -2.07. The summed E-state index contributed by atoms with van der Waals surface area (Å²) < 4.78 is 26.7. The van der Waals surface area contributed by atoms with Crippen molar-refractivity contribution < 1.29 is 8.42 Å². The van der Waals surface area contributed by atoms with Crippen molar-refractivity contribution in [1.29, 1.82) is 0 Å². The van der Waals surface area contributed by atoms with Gasteiger partial charge in [-0.3, -0.25) is 0 Å². The first kappa shape index (κ1) is 17.5. The Kier molecular flexibility index (Phi) is 5.12. The van der Waals surface area contributed by atoms with Gasteiger partial charge in [0.25, 0.3) is 10.0 Å². The lowest BCUT2D eigenvalue weighted by atomic mass is 10.2. The van der Waals surface area contributed by atoms with E-state index < -0.39 is 10.0 Å². The maximum atomic E-state index is 12.8. The number of aromatic nitrogens is 2. The van der Waals surface area contributed by atoms with Crippen molar-refractivity contribution in [3.63, 3.8) is 0 Å². The van der Waals surface area contributed by atoms with Crippen molar-refractivity contribution >= 4 is 32.7 Å². The molecular weight excluding hydrogens is 332 g/mol. The summed E-state index contributed by atoms with van der Waals surface area (Å²) in [5, 5.41) is 1.16. The molecule has 6 heteroatoms. The van der Waals surface area contributed by atoms with E-state index in [0.29, 0.717) is 16.1 Å². The van der Waals surface area contributed by atoms with Crippen molar-refractivity contribution in [3.05, 3.63) is 58.9 Å². The zero-order valence-corrected chi connectivity index (χ0v) is 15.1. The van der Waals surface area contributed by atoms with Crippen molar-refractivity contribution in [1.82, 2.24) is 8.96 Å². The number of pyridine rings is 1. The Labute approximate surface area is 141 Å². The summed E-state index contributed by atoms with van der Waals surface area (Å²) in [6.45, 7) is 7.73. The number of halogens is 1. The Morgan fingerprint density at radius 1 is 1.04 bits per heavy atom. The molecule has 0 saturated carbocycles. The number of hydrogen-bond acceptors (Lipinski definition) is 3. The first-order valence-corrected chi connectivity index (χ1v) is 9.17. The molecule has 0 N–H and O–H groups in total. The molecule has 1 aromatic carbocycles. The molecule has 3 rings (SSSR count). The maximum Gasteiger partial charge on any atom is 0.269 e. The molecule has 4 nitrogen and oxygen atoms in total. The highest BCUT2D eigenvalue weighted by Gasteiger charge is 2.21. The van der Waals surface area contributed by atoms with E-state index in [1.165, 1.54) is 10.2 Å². The SMILES string of the molecule is CC.Cc1ccc(S(=O)(=O)n2cc(C)c3c(Cl)ccnc32)cc1. The van der Waals surface area contributed by atoms with Gasteiger partial charge in [0.15, 0.2) is 5.65 Å². The van der Waals surface area contributed by atoms with Crippen LogP contribution >= 0.6 is 11.6 Å². The van der Waals surface area contributed by atoms with Gasteiger partial charge in [0.05, 0.1) is 9.92 Å². The molecule has 0 saturated heterocycles. The number of rotatable bonds is 2. The first-order chi connectivity index (χ1) is 10.9. The van der Waals surface area contributed by atoms with E-state index in [0.717, 1.165) is 11.1 Å². The number of fused-ring (bicyclic) bond motifs is 1. The van der Waals surface area contributed by atoms with Crippen LogP contribution in [-0.4, -0.2) is 17.4 Å². The number of aryl methyl sites for hydroxylation is 2. The minimum absolute atomic E-state index is 0.228. The molecule has 2 heterocycles. The Bertz CT molecular complexity index is 929. The van der Waals surface area contributed by atoms with Crippen molar-refractivity contribution in [2.45, 2.75) is 32.6 Å². The van der Waals surface area contributed by atoms with E-state index in [-0.39, 0.29) is 4.90 Å². The summed E-state index contributed by atoms with van der Waals surface area (Å²) in [5.74, 6) is 0. The average Bonchev–Trinajstić information content (AvgIpc) is 2.89. The van der Waals surface area contributed by atoms with Crippen LogP contribution in [0.2, 0.25) is 5.02 Å². The minimum atomic E-state index is -3.68. The van der Waals surface area contributed by atoms with Gasteiger partial charge in [-0.05, 0) is 37.6 Å². The zero-order valence-electron chi connectivity index (χ0n) is 13.5. The van der Waals surface area contributed by atoms with Gasteiger partial charge >= 0.3 is 0 Å². The monoisotopic (exact) mass is 350 g/mol. The van der Waals surface area contributed by atoms with E-state index >= 15 is 0 Å². The normalized spacial score (nSPS) is 11.2. The molecule has 2 aromatic heterocycles. The van der Waals surface area contributed by atoms with E-state index in [1.54, 1.807) is 36.5 Å². The van der Waals surface area contributed by atoms with Crippen LogP contribution in [0.5, 0.6) is 0 Å². The van der Waals surface area contributed by atoms with Crippen LogP contribution in [0.25, 0.3) is 11.0 Å². The van der Waals surface area contributed by atoms with Crippen LogP contribution in [0, 0.1) is 13.8 Å². The summed E-state index contributed by atoms with van der Waals surface area (Å²) in [6.07, 6.45) is 3.06. The van der Waals surface area contributed by atoms with Gasteiger partial charge in [-0.25, -0.2) is 17.4 Å². The standard InChI is InChI=1S/C15H13ClN2O2S.C2H6/c1-10-3-5-12(6-4-10)21(19,20)18-9-11(2)14-13(16)7-8-17-15(14)18;1-2/h3-9H,1-2H3;1-2H3. The van der Waals surface area contributed by atoms with Gasteiger partial charge in [0.2, 0.25) is 0 Å². The second-order valence-electron chi connectivity index (χ2n) is 4.92. The van der Waals surface area contributed by atoms with Crippen LogP contribution in [-0.2, 0) is 10.0 Å². The quantitative estimate of drug-likeness (QED) is 0.680. The molecule has 0 fully saturated rings. The Hall–Kier alpha value is -1.85. The highest BCUT2D eigenvalue weighted by Crippen LogP contribution is 2.29. The fraction of sp³-hybridized carbons (Fsp3) is 0.235. The van der Waals surface area contributed by atoms with Crippen LogP contribution in [0.4, 0.5) is 0 Å². The molecular formula is C17H19ClN2O2S. The third-order valence-corrected chi connectivity index (χ3v) is 5.35. The van der Waals surface area contributed by atoms with Crippen molar-refractivity contribution in [2.24, 2.45) is 0 Å². The van der Waals surface area contributed by atoms with Gasteiger partial charge < -0.3 is 0 Å². The molecule has 0 amide bonds. The highest BCUT2D eigenvalue weighted by atomic mass is 35.5. The van der Waals surface area contributed by atoms with Gasteiger partial charge in [0.1, 0.15) is 0 Å². The largest absolute Gasteiger partial charge is 0.269 e. The van der Waals surface area contributed by atoms with Crippen LogP contribution in [0.1, 0.15) is 25.0 Å². The van der Waals surface area contributed by atoms with Crippen molar-refractivity contribution in [3.8, 4) is 0 Å². The third-order valence-electron chi connectivity index (χ3n) is 3.37. The summed E-state index contributed by atoms with van der Waals surface area (Å²) in [5.41, 5.74) is 2.13. The second kappa shape index (κ2) is 6.72. The van der Waals surface area contributed by atoms with E-state index in [4.69, 9.17) is 11.6 Å². The van der Waals surface area contributed by atoms with E-state index in [1.807, 2.05) is 27.7 Å². The molecule has 122 valence electrons. The minimum Gasteiger partial charge on any atom is -0.237 e. The molecule has 0 bridgehead atoms. The molecule has 0 radical (unpaired) electrons. The van der Waals surface area contributed by atoms with E-state index in [9.17, 15) is 8.42 Å². The summed E-state index contributed by atoms with van der Waals surface area (Å²) in [4.78, 5) is 4.40. The van der Waals surface area contributed by atoms with Crippen molar-refractivity contribution in [2.75, 3.05) is 0 Å². The predicted octanol–water partition coefficient (Wildman–Crippen LogP) is 4.57. The smallest absolute Gasteiger partial charge is 0.237 e. The summed E-state index contributed by atoms with van der Waals surface area (Å²) >= 11 is 6.14. The van der Waals surface area contributed by atoms with Crippen LogP contribution in [0.3, 0.4) is 0 Å². The molecule has 23 heavy (non-hydrogen) atoms. The summed E-state index contributed by atoms with van der Waals surface area (Å²) in [6, 6.07) is 8.38. The molecule has 0 aliphatic rings. The lowest BCUT2D eigenvalue weighted by Crippen LogP contribution is -2.12. The number of benzene rings is 1. The molecule has 3 aromatic rings. The fourth-order valence-corrected chi connectivity index (χ4v) is 3.93. The fourth-order valence-electron chi connectivity index (χ4n) is 2.27. The van der Waals surface area contributed by atoms with Gasteiger partial charge in [-0.2, -0.15) is 0 Å². The maximum absolute atomic E-state index is 12.8. The molecule has 0 unspecified atom stereocenters. The Balaban J connectivity index is 0.000000924.